The molecule has 2 aliphatic heterocycles. The van der Waals surface area contributed by atoms with Crippen LogP contribution in [0.1, 0.15) is 36.6 Å². The van der Waals surface area contributed by atoms with Gasteiger partial charge in [0, 0.05) is 18.3 Å². The Morgan fingerprint density at radius 3 is 2.69 bits per heavy atom. The van der Waals surface area contributed by atoms with Gasteiger partial charge in [0.05, 0.1) is 30.4 Å². The van der Waals surface area contributed by atoms with Crippen LogP contribution in [0.3, 0.4) is 0 Å². The Labute approximate surface area is 206 Å². The number of nitrogens with one attached hydrogen (secondary N) is 1. The molecule has 5 rings (SSSR count). The highest BCUT2D eigenvalue weighted by atomic mass is 16.6. The Kier molecular flexibility index (Phi) is 6.07. The Hall–Kier alpha value is -4.00. The molecule has 0 bridgehead atoms. The molecule has 1 unspecified atom stereocenters. The predicted molar refractivity (Wildman–Crippen MR) is 138 cm³/mol. The van der Waals surface area contributed by atoms with Crippen molar-refractivity contribution < 1.29 is 9.57 Å². The van der Waals surface area contributed by atoms with Crippen molar-refractivity contribution in [1.29, 1.82) is 0 Å². The van der Waals surface area contributed by atoms with Gasteiger partial charge in [0.1, 0.15) is 18.7 Å². The second-order valence-electron chi connectivity index (χ2n) is 9.07. The second-order valence-corrected chi connectivity index (χ2v) is 9.07. The number of imidazole rings is 1. The van der Waals surface area contributed by atoms with Crippen LogP contribution < -0.4 is 10.1 Å². The van der Waals surface area contributed by atoms with E-state index in [9.17, 15) is 0 Å². The lowest BCUT2D eigenvalue weighted by atomic mass is 9.83. The summed E-state index contributed by atoms with van der Waals surface area (Å²) >= 11 is 0. The molecule has 0 aliphatic carbocycles. The normalized spacial score (nSPS) is 21.9. The zero-order valence-electron chi connectivity index (χ0n) is 20.7. The number of benzene rings is 2. The molecule has 2 aliphatic rings. The zero-order chi connectivity index (χ0) is 24.4. The minimum atomic E-state index is -0.254. The molecule has 1 N–H and O–H groups in total. The van der Waals surface area contributed by atoms with Gasteiger partial charge < -0.3 is 19.5 Å². The molecule has 2 aromatic carbocycles. The van der Waals surface area contributed by atoms with Crippen LogP contribution in [0.25, 0.3) is 11.8 Å². The van der Waals surface area contributed by atoms with E-state index < -0.39 is 0 Å². The van der Waals surface area contributed by atoms with Gasteiger partial charge >= 0.3 is 0 Å². The van der Waals surface area contributed by atoms with E-state index in [0.717, 1.165) is 59.3 Å². The highest BCUT2D eigenvalue weighted by Gasteiger charge is 2.43. The SMILES string of the molecule is CON=C1C(=Cc2ccc(-n3cnc(C)c3)c(OC)c2)CC=C2NCCC(C)(c3ccccc3)N21. The van der Waals surface area contributed by atoms with E-state index in [0.29, 0.717) is 0 Å². The van der Waals surface area contributed by atoms with Gasteiger partial charge in [-0.05, 0) is 62.1 Å². The average Bonchev–Trinajstić information content (AvgIpc) is 3.32. The van der Waals surface area contributed by atoms with Gasteiger partial charge in [-0.2, -0.15) is 0 Å². The predicted octanol–water partition coefficient (Wildman–Crippen LogP) is 4.99. The molecule has 3 heterocycles. The van der Waals surface area contributed by atoms with Crippen LogP contribution in [0, 0.1) is 6.92 Å². The number of fused-ring (bicyclic) bond motifs is 1. The average molecular weight is 470 g/mol. The van der Waals surface area contributed by atoms with Gasteiger partial charge in [-0.3, -0.25) is 4.90 Å². The van der Waals surface area contributed by atoms with E-state index in [4.69, 9.17) is 9.57 Å². The Morgan fingerprint density at radius 2 is 1.97 bits per heavy atom. The van der Waals surface area contributed by atoms with E-state index in [1.807, 2.05) is 23.8 Å². The summed E-state index contributed by atoms with van der Waals surface area (Å²) in [4.78, 5) is 12.0. The van der Waals surface area contributed by atoms with Crippen molar-refractivity contribution in [2.24, 2.45) is 5.16 Å². The van der Waals surface area contributed by atoms with Crippen molar-refractivity contribution in [3.05, 3.63) is 95.3 Å². The van der Waals surface area contributed by atoms with Crippen molar-refractivity contribution in [2.75, 3.05) is 20.8 Å². The molecule has 1 fully saturated rings. The van der Waals surface area contributed by atoms with Crippen molar-refractivity contribution in [1.82, 2.24) is 19.8 Å². The monoisotopic (exact) mass is 469 g/mol. The third-order valence-electron chi connectivity index (χ3n) is 6.77. The molecule has 0 saturated carbocycles. The number of hydrogen-bond acceptors (Lipinski definition) is 5. The first-order valence-corrected chi connectivity index (χ1v) is 11.8. The quantitative estimate of drug-likeness (QED) is 0.534. The molecular weight excluding hydrogens is 438 g/mol. The second kappa shape index (κ2) is 9.33. The van der Waals surface area contributed by atoms with Crippen LogP contribution in [0.5, 0.6) is 5.75 Å². The van der Waals surface area contributed by atoms with Crippen LogP contribution in [0.2, 0.25) is 0 Å². The number of aryl methyl sites for hydroxylation is 1. The molecule has 7 nitrogen and oxygen atoms in total. The van der Waals surface area contributed by atoms with Crippen LogP contribution in [-0.2, 0) is 10.4 Å². The summed E-state index contributed by atoms with van der Waals surface area (Å²) in [6.07, 6.45) is 9.88. The summed E-state index contributed by atoms with van der Waals surface area (Å²) in [5, 5.41) is 8.09. The topological polar surface area (TPSA) is 63.9 Å². The summed E-state index contributed by atoms with van der Waals surface area (Å²) in [5.41, 5.74) is 5.01. The van der Waals surface area contributed by atoms with E-state index in [1.54, 1.807) is 20.5 Å². The van der Waals surface area contributed by atoms with Gasteiger partial charge in [0.25, 0.3) is 0 Å². The van der Waals surface area contributed by atoms with E-state index in [-0.39, 0.29) is 5.54 Å². The summed E-state index contributed by atoms with van der Waals surface area (Å²) in [6.45, 7) is 5.15. The molecule has 1 saturated heterocycles. The number of aromatic nitrogens is 2. The highest BCUT2D eigenvalue weighted by Crippen LogP contribution is 2.41. The molecular formula is C28H31N5O2. The lowest BCUT2D eigenvalue weighted by molar-refractivity contribution is 0.154. The number of oxime groups is 1. The van der Waals surface area contributed by atoms with Gasteiger partial charge in [0.15, 0.2) is 5.84 Å². The Morgan fingerprint density at radius 1 is 1.14 bits per heavy atom. The van der Waals surface area contributed by atoms with E-state index >= 15 is 0 Å². The summed E-state index contributed by atoms with van der Waals surface area (Å²) in [7, 11) is 3.29. The van der Waals surface area contributed by atoms with Crippen molar-refractivity contribution >= 4 is 11.9 Å². The molecule has 1 aromatic heterocycles. The molecule has 180 valence electrons. The van der Waals surface area contributed by atoms with Crippen molar-refractivity contribution in [3.8, 4) is 11.4 Å². The van der Waals surface area contributed by atoms with Gasteiger partial charge in [0.2, 0.25) is 0 Å². The largest absolute Gasteiger partial charge is 0.495 e. The minimum absolute atomic E-state index is 0.254. The Bertz CT molecular complexity index is 1310. The standard InChI is InChI=1S/C28H31N5O2/c1-20-18-32(19-30-20)24-12-10-21(17-25(24)34-3)16-22-11-13-26-29-15-14-28(2,23-8-6-5-7-9-23)33(26)27(22)31-35-4/h5-10,12-13,16-19,29H,11,14-15H2,1-4H3. The van der Waals surface area contributed by atoms with Gasteiger partial charge in [-0.1, -0.05) is 41.6 Å². The molecule has 7 heteroatoms. The maximum atomic E-state index is 5.72. The lowest BCUT2D eigenvalue weighted by Crippen LogP contribution is -2.56. The van der Waals surface area contributed by atoms with Crippen LogP contribution in [-0.4, -0.2) is 41.1 Å². The van der Waals surface area contributed by atoms with E-state index in [1.165, 1.54) is 5.56 Å². The third-order valence-corrected chi connectivity index (χ3v) is 6.77. The van der Waals surface area contributed by atoms with Gasteiger partial charge in [-0.15, -0.1) is 0 Å². The van der Waals surface area contributed by atoms with Crippen LogP contribution >= 0.6 is 0 Å². The number of allylic oxidation sites excluding steroid dienone is 1. The Balaban J connectivity index is 1.56. The zero-order valence-corrected chi connectivity index (χ0v) is 20.7. The van der Waals surface area contributed by atoms with Gasteiger partial charge in [-0.25, -0.2) is 4.98 Å². The molecule has 0 spiro atoms. The molecule has 35 heavy (non-hydrogen) atoms. The van der Waals surface area contributed by atoms with Crippen molar-refractivity contribution in [2.45, 2.75) is 32.2 Å². The summed E-state index contributed by atoms with van der Waals surface area (Å²) in [6, 6.07) is 16.8. The lowest BCUT2D eigenvalue weighted by Gasteiger charge is -2.50. The van der Waals surface area contributed by atoms with E-state index in [2.05, 4.69) is 81.9 Å². The number of ether oxygens (including phenoxy) is 1. The summed E-state index contributed by atoms with van der Waals surface area (Å²) in [5.74, 6) is 2.67. The minimum Gasteiger partial charge on any atom is -0.495 e. The molecule has 3 aromatic rings. The van der Waals surface area contributed by atoms with Crippen LogP contribution in [0.4, 0.5) is 0 Å². The van der Waals surface area contributed by atoms with Crippen molar-refractivity contribution in [3.63, 3.8) is 0 Å². The fraction of sp³-hybridized carbons (Fsp3) is 0.286. The number of hydrogen-bond donors (Lipinski definition) is 1. The highest BCUT2D eigenvalue weighted by molar-refractivity contribution is 6.04. The first-order valence-electron chi connectivity index (χ1n) is 11.8. The number of methoxy groups -OCH3 is 1. The molecule has 1 atom stereocenters. The number of amidine groups is 1. The first kappa shape index (κ1) is 22.8. The third kappa shape index (κ3) is 4.18. The molecule has 0 amide bonds. The summed E-state index contributed by atoms with van der Waals surface area (Å²) < 4.78 is 7.70. The fourth-order valence-electron chi connectivity index (χ4n) is 4.97. The number of nitrogens with zero attached hydrogens (tertiary/aromatic N) is 4. The molecule has 0 radical (unpaired) electrons. The maximum Gasteiger partial charge on any atom is 0.178 e. The number of rotatable bonds is 5. The van der Waals surface area contributed by atoms with Crippen LogP contribution in [0.15, 0.2) is 83.7 Å². The fourth-order valence-corrected chi connectivity index (χ4v) is 4.97. The smallest absolute Gasteiger partial charge is 0.178 e. The maximum absolute atomic E-state index is 5.72. The first-order chi connectivity index (χ1) is 17.0.